The molecule has 0 amide bonds. The molecule has 2 rings (SSSR count). The standard InChI is InChI=1S/C12H16N4S/c1-7-5-11(14-6-13-7)16-9(3)12-8(2)15-10(4)17-12/h5-6,9H,1-4H3,(H,13,14,16). The molecule has 2 aromatic heterocycles. The molecule has 5 heteroatoms. The summed E-state index contributed by atoms with van der Waals surface area (Å²) < 4.78 is 0. The van der Waals surface area contributed by atoms with E-state index >= 15 is 0 Å². The molecule has 1 N–H and O–H groups in total. The predicted octanol–water partition coefficient (Wildman–Crippen LogP) is 3.03. The molecule has 0 saturated heterocycles. The zero-order valence-electron chi connectivity index (χ0n) is 10.5. The highest BCUT2D eigenvalue weighted by molar-refractivity contribution is 7.11. The van der Waals surface area contributed by atoms with Crippen LogP contribution in [0.4, 0.5) is 5.82 Å². The van der Waals surface area contributed by atoms with E-state index in [1.807, 2.05) is 26.8 Å². The van der Waals surface area contributed by atoms with E-state index in [9.17, 15) is 0 Å². The van der Waals surface area contributed by atoms with Crippen LogP contribution in [0.1, 0.15) is 34.2 Å². The normalized spacial score (nSPS) is 12.5. The molecule has 2 heterocycles. The highest BCUT2D eigenvalue weighted by atomic mass is 32.1. The van der Waals surface area contributed by atoms with Gasteiger partial charge in [-0.2, -0.15) is 0 Å². The predicted molar refractivity (Wildman–Crippen MR) is 70.4 cm³/mol. The van der Waals surface area contributed by atoms with Crippen LogP contribution in [0.5, 0.6) is 0 Å². The van der Waals surface area contributed by atoms with Gasteiger partial charge in [-0.1, -0.05) is 0 Å². The minimum atomic E-state index is 0.218. The lowest BCUT2D eigenvalue weighted by atomic mass is 10.2. The van der Waals surface area contributed by atoms with Crippen LogP contribution in [0.15, 0.2) is 12.4 Å². The second-order valence-corrected chi connectivity index (χ2v) is 5.33. The van der Waals surface area contributed by atoms with Crippen LogP contribution in [-0.4, -0.2) is 15.0 Å². The van der Waals surface area contributed by atoms with Crippen molar-refractivity contribution in [2.24, 2.45) is 0 Å². The molecule has 0 aliphatic carbocycles. The molecule has 0 spiro atoms. The average molecular weight is 248 g/mol. The van der Waals surface area contributed by atoms with E-state index in [2.05, 4.69) is 27.2 Å². The van der Waals surface area contributed by atoms with Crippen LogP contribution < -0.4 is 5.32 Å². The smallest absolute Gasteiger partial charge is 0.130 e. The third-order valence-corrected chi connectivity index (χ3v) is 3.76. The lowest BCUT2D eigenvalue weighted by molar-refractivity contribution is 0.875. The molecule has 1 atom stereocenters. The fourth-order valence-corrected chi connectivity index (χ4v) is 2.70. The Bertz CT molecular complexity index is 521. The van der Waals surface area contributed by atoms with Gasteiger partial charge in [0.05, 0.1) is 16.7 Å². The van der Waals surface area contributed by atoms with Crippen molar-refractivity contribution in [3.8, 4) is 0 Å². The Labute approximate surface area is 105 Å². The molecule has 90 valence electrons. The molecule has 2 aromatic rings. The fraction of sp³-hybridized carbons (Fsp3) is 0.417. The Balaban J connectivity index is 2.16. The van der Waals surface area contributed by atoms with Gasteiger partial charge in [0.2, 0.25) is 0 Å². The average Bonchev–Trinajstić information content (AvgIpc) is 2.58. The third kappa shape index (κ3) is 2.79. The fourth-order valence-electron chi connectivity index (χ4n) is 1.77. The number of hydrogen-bond donors (Lipinski definition) is 1. The molecule has 17 heavy (non-hydrogen) atoms. The SMILES string of the molecule is Cc1cc(NC(C)c2sc(C)nc2C)ncn1. The number of thiazole rings is 1. The molecule has 1 unspecified atom stereocenters. The Morgan fingerprint density at radius 3 is 2.59 bits per heavy atom. The van der Waals surface area contributed by atoms with Crippen molar-refractivity contribution in [1.29, 1.82) is 0 Å². The number of nitrogens with one attached hydrogen (secondary N) is 1. The van der Waals surface area contributed by atoms with Crippen molar-refractivity contribution in [2.45, 2.75) is 33.7 Å². The van der Waals surface area contributed by atoms with Gasteiger partial charge in [-0.3, -0.25) is 0 Å². The van der Waals surface area contributed by atoms with Crippen molar-refractivity contribution in [3.63, 3.8) is 0 Å². The van der Waals surface area contributed by atoms with Crippen LogP contribution in [0.3, 0.4) is 0 Å². The third-order valence-electron chi connectivity index (χ3n) is 2.50. The quantitative estimate of drug-likeness (QED) is 0.907. The van der Waals surface area contributed by atoms with E-state index < -0.39 is 0 Å². The maximum atomic E-state index is 4.44. The van der Waals surface area contributed by atoms with Crippen LogP contribution >= 0.6 is 11.3 Å². The molecule has 0 bridgehead atoms. The maximum Gasteiger partial charge on any atom is 0.130 e. The van der Waals surface area contributed by atoms with Crippen molar-refractivity contribution in [2.75, 3.05) is 5.32 Å². The van der Waals surface area contributed by atoms with E-state index in [1.165, 1.54) is 4.88 Å². The summed E-state index contributed by atoms with van der Waals surface area (Å²) in [5, 5.41) is 4.47. The van der Waals surface area contributed by atoms with Gasteiger partial charge < -0.3 is 5.32 Å². The number of nitrogens with zero attached hydrogens (tertiary/aromatic N) is 3. The second-order valence-electron chi connectivity index (χ2n) is 4.09. The molecule has 0 saturated carbocycles. The summed E-state index contributed by atoms with van der Waals surface area (Å²) >= 11 is 1.73. The molecule has 0 aliphatic heterocycles. The van der Waals surface area contributed by atoms with Gasteiger partial charge in [-0.15, -0.1) is 11.3 Å². The first-order valence-electron chi connectivity index (χ1n) is 5.55. The van der Waals surface area contributed by atoms with Gasteiger partial charge in [0.25, 0.3) is 0 Å². The molecule has 0 radical (unpaired) electrons. The molecule has 0 fully saturated rings. The monoisotopic (exact) mass is 248 g/mol. The van der Waals surface area contributed by atoms with Crippen LogP contribution in [-0.2, 0) is 0 Å². The van der Waals surface area contributed by atoms with Gasteiger partial charge in [0.15, 0.2) is 0 Å². The van der Waals surface area contributed by atoms with E-state index in [4.69, 9.17) is 0 Å². The van der Waals surface area contributed by atoms with Gasteiger partial charge >= 0.3 is 0 Å². The number of hydrogen-bond acceptors (Lipinski definition) is 5. The Morgan fingerprint density at radius 1 is 1.24 bits per heavy atom. The maximum absolute atomic E-state index is 4.44. The van der Waals surface area contributed by atoms with Crippen molar-refractivity contribution < 1.29 is 0 Å². The van der Waals surface area contributed by atoms with E-state index in [1.54, 1.807) is 17.7 Å². The largest absolute Gasteiger partial charge is 0.363 e. The first-order chi connectivity index (χ1) is 8.06. The van der Waals surface area contributed by atoms with Crippen molar-refractivity contribution in [1.82, 2.24) is 15.0 Å². The van der Waals surface area contributed by atoms with E-state index in [0.29, 0.717) is 0 Å². The Kier molecular flexibility index (Phi) is 3.38. The molecular weight excluding hydrogens is 232 g/mol. The number of anilines is 1. The Hall–Kier alpha value is -1.49. The van der Waals surface area contributed by atoms with Crippen LogP contribution in [0, 0.1) is 20.8 Å². The summed E-state index contributed by atoms with van der Waals surface area (Å²) in [6, 6.07) is 2.16. The lowest BCUT2D eigenvalue weighted by Crippen LogP contribution is -2.08. The number of aryl methyl sites for hydroxylation is 3. The van der Waals surface area contributed by atoms with Gasteiger partial charge in [0.1, 0.15) is 12.1 Å². The summed E-state index contributed by atoms with van der Waals surface area (Å²) in [6.45, 7) is 8.15. The number of aromatic nitrogens is 3. The van der Waals surface area contributed by atoms with Gasteiger partial charge in [-0.05, 0) is 27.7 Å². The van der Waals surface area contributed by atoms with Crippen LogP contribution in [0.2, 0.25) is 0 Å². The minimum Gasteiger partial charge on any atom is -0.363 e. The summed E-state index contributed by atoms with van der Waals surface area (Å²) in [6.07, 6.45) is 1.58. The van der Waals surface area contributed by atoms with Crippen LogP contribution in [0.25, 0.3) is 0 Å². The molecule has 0 aromatic carbocycles. The first-order valence-corrected chi connectivity index (χ1v) is 6.37. The molecule has 4 nitrogen and oxygen atoms in total. The lowest BCUT2D eigenvalue weighted by Gasteiger charge is -2.13. The van der Waals surface area contributed by atoms with Gasteiger partial charge in [-0.25, -0.2) is 15.0 Å². The van der Waals surface area contributed by atoms with Gasteiger partial charge in [0, 0.05) is 16.6 Å². The zero-order valence-corrected chi connectivity index (χ0v) is 11.3. The van der Waals surface area contributed by atoms with E-state index in [0.717, 1.165) is 22.2 Å². The molecular formula is C12H16N4S. The summed E-state index contributed by atoms with van der Waals surface area (Å²) in [5.41, 5.74) is 2.06. The topological polar surface area (TPSA) is 50.7 Å². The highest BCUT2D eigenvalue weighted by Gasteiger charge is 2.13. The highest BCUT2D eigenvalue weighted by Crippen LogP contribution is 2.26. The molecule has 0 aliphatic rings. The number of rotatable bonds is 3. The zero-order chi connectivity index (χ0) is 12.4. The van der Waals surface area contributed by atoms with Crippen molar-refractivity contribution in [3.05, 3.63) is 33.7 Å². The second kappa shape index (κ2) is 4.79. The summed E-state index contributed by atoms with van der Waals surface area (Å²) in [7, 11) is 0. The van der Waals surface area contributed by atoms with E-state index in [-0.39, 0.29) is 6.04 Å². The Morgan fingerprint density at radius 2 is 2.00 bits per heavy atom. The summed E-state index contributed by atoms with van der Waals surface area (Å²) in [5.74, 6) is 0.857. The first kappa shape index (κ1) is 12.0. The van der Waals surface area contributed by atoms with Crippen molar-refractivity contribution >= 4 is 17.2 Å². The minimum absolute atomic E-state index is 0.218. The summed E-state index contributed by atoms with van der Waals surface area (Å²) in [4.78, 5) is 14.0.